The van der Waals surface area contributed by atoms with E-state index in [0.717, 1.165) is 24.1 Å². The standard InChI is InChI=1S/C12H14N2O2/c1-8(14-16)9-4-6-11(7-5-9)13-12(15)10-2-3-10/h4-7,10,16H,2-3H2,1H3,(H,13,15)/b14-8-. The van der Waals surface area contributed by atoms with Crippen molar-refractivity contribution in [2.24, 2.45) is 11.1 Å². The molecule has 0 heterocycles. The number of anilines is 1. The van der Waals surface area contributed by atoms with E-state index in [1.165, 1.54) is 0 Å². The van der Waals surface area contributed by atoms with Crippen LogP contribution in [0.15, 0.2) is 29.4 Å². The molecule has 1 aliphatic rings. The highest BCUT2D eigenvalue weighted by Crippen LogP contribution is 2.30. The summed E-state index contributed by atoms with van der Waals surface area (Å²) in [7, 11) is 0. The van der Waals surface area contributed by atoms with E-state index >= 15 is 0 Å². The van der Waals surface area contributed by atoms with Gasteiger partial charge in [-0.1, -0.05) is 17.3 Å². The molecular formula is C12H14N2O2. The first-order valence-electron chi connectivity index (χ1n) is 5.30. The molecule has 4 nitrogen and oxygen atoms in total. The van der Waals surface area contributed by atoms with Crippen LogP contribution in [0.5, 0.6) is 0 Å². The molecule has 1 aromatic carbocycles. The Kier molecular flexibility index (Phi) is 2.90. The maximum Gasteiger partial charge on any atom is 0.227 e. The van der Waals surface area contributed by atoms with Crippen LogP contribution in [0.25, 0.3) is 0 Å². The number of carbonyl (C=O) groups is 1. The van der Waals surface area contributed by atoms with Gasteiger partial charge in [-0.15, -0.1) is 0 Å². The van der Waals surface area contributed by atoms with Crippen LogP contribution in [-0.2, 0) is 4.79 Å². The molecule has 2 N–H and O–H groups in total. The summed E-state index contributed by atoms with van der Waals surface area (Å²) in [6.07, 6.45) is 2.00. The third kappa shape index (κ3) is 2.39. The van der Waals surface area contributed by atoms with Crippen molar-refractivity contribution in [1.29, 1.82) is 0 Å². The zero-order chi connectivity index (χ0) is 11.5. The van der Waals surface area contributed by atoms with Gasteiger partial charge in [0.25, 0.3) is 0 Å². The third-order valence-corrected chi connectivity index (χ3v) is 2.67. The topological polar surface area (TPSA) is 61.7 Å². The van der Waals surface area contributed by atoms with E-state index < -0.39 is 0 Å². The molecule has 0 atom stereocenters. The summed E-state index contributed by atoms with van der Waals surface area (Å²) in [6, 6.07) is 7.25. The van der Waals surface area contributed by atoms with Crippen LogP contribution in [0.2, 0.25) is 0 Å². The van der Waals surface area contributed by atoms with Crippen LogP contribution in [0, 0.1) is 5.92 Å². The van der Waals surface area contributed by atoms with Gasteiger partial charge >= 0.3 is 0 Å². The Bertz CT molecular complexity index is 419. The van der Waals surface area contributed by atoms with Gasteiger partial charge in [-0.25, -0.2) is 0 Å². The Balaban J connectivity index is 2.04. The van der Waals surface area contributed by atoms with Gasteiger partial charge in [0.1, 0.15) is 0 Å². The first-order valence-corrected chi connectivity index (χ1v) is 5.30. The highest BCUT2D eigenvalue weighted by atomic mass is 16.4. The number of carbonyl (C=O) groups excluding carboxylic acids is 1. The van der Waals surface area contributed by atoms with Gasteiger partial charge in [0, 0.05) is 11.6 Å². The fourth-order valence-electron chi connectivity index (χ4n) is 1.44. The molecule has 0 spiro atoms. The summed E-state index contributed by atoms with van der Waals surface area (Å²) in [5.74, 6) is 0.306. The number of nitrogens with one attached hydrogen (secondary N) is 1. The largest absolute Gasteiger partial charge is 0.411 e. The lowest BCUT2D eigenvalue weighted by Gasteiger charge is -2.05. The van der Waals surface area contributed by atoms with Gasteiger partial charge in [-0.3, -0.25) is 4.79 Å². The fourth-order valence-corrected chi connectivity index (χ4v) is 1.44. The number of nitrogens with zero attached hydrogens (tertiary/aromatic N) is 1. The van der Waals surface area contributed by atoms with Crippen molar-refractivity contribution >= 4 is 17.3 Å². The van der Waals surface area contributed by atoms with Crippen molar-refractivity contribution in [3.63, 3.8) is 0 Å². The van der Waals surface area contributed by atoms with E-state index in [4.69, 9.17) is 5.21 Å². The number of hydrogen-bond donors (Lipinski definition) is 2. The van der Waals surface area contributed by atoms with Crippen molar-refractivity contribution in [2.75, 3.05) is 5.32 Å². The molecule has 1 amide bonds. The van der Waals surface area contributed by atoms with Crippen LogP contribution in [0.3, 0.4) is 0 Å². The lowest BCUT2D eigenvalue weighted by molar-refractivity contribution is -0.117. The molecule has 0 unspecified atom stereocenters. The Hall–Kier alpha value is -1.84. The Morgan fingerprint density at radius 2 is 2.00 bits per heavy atom. The lowest BCUT2D eigenvalue weighted by Crippen LogP contribution is -2.13. The summed E-state index contributed by atoms with van der Waals surface area (Å²) >= 11 is 0. The predicted molar refractivity (Wildman–Crippen MR) is 61.8 cm³/mol. The SMILES string of the molecule is C/C(=N/O)c1ccc(NC(=O)C2CC2)cc1. The minimum atomic E-state index is 0.0975. The van der Waals surface area contributed by atoms with E-state index in [0.29, 0.717) is 5.71 Å². The minimum absolute atomic E-state index is 0.0975. The second-order valence-corrected chi connectivity index (χ2v) is 4.03. The predicted octanol–water partition coefficient (Wildman–Crippen LogP) is 2.23. The fraction of sp³-hybridized carbons (Fsp3) is 0.333. The molecule has 0 aromatic heterocycles. The smallest absolute Gasteiger partial charge is 0.227 e. The maximum atomic E-state index is 11.5. The molecule has 0 saturated heterocycles. The minimum Gasteiger partial charge on any atom is -0.411 e. The Morgan fingerprint density at radius 1 is 1.38 bits per heavy atom. The quantitative estimate of drug-likeness (QED) is 0.464. The second kappa shape index (κ2) is 4.35. The van der Waals surface area contributed by atoms with Gasteiger partial charge in [0.15, 0.2) is 0 Å². The number of amides is 1. The normalized spacial score (nSPS) is 15.9. The van der Waals surface area contributed by atoms with E-state index in [1.807, 2.05) is 24.3 Å². The molecule has 16 heavy (non-hydrogen) atoms. The molecule has 0 aliphatic heterocycles. The van der Waals surface area contributed by atoms with Gasteiger partial charge in [-0.05, 0) is 37.5 Å². The molecule has 1 aliphatic carbocycles. The zero-order valence-corrected chi connectivity index (χ0v) is 9.10. The van der Waals surface area contributed by atoms with E-state index in [1.54, 1.807) is 6.92 Å². The summed E-state index contributed by atoms with van der Waals surface area (Å²) in [6.45, 7) is 1.72. The average molecular weight is 218 g/mol. The molecule has 0 bridgehead atoms. The summed E-state index contributed by atoms with van der Waals surface area (Å²) in [5, 5.41) is 14.6. The monoisotopic (exact) mass is 218 g/mol. The summed E-state index contributed by atoms with van der Waals surface area (Å²) in [4.78, 5) is 11.5. The summed E-state index contributed by atoms with van der Waals surface area (Å²) < 4.78 is 0. The van der Waals surface area contributed by atoms with E-state index in [-0.39, 0.29) is 11.8 Å². The molecule has 1 aromatic rings. The number of rotatable bonds is 3. The maximum absolute atomic E-state index is 11.5. The van der Waals surface area contributed by atoms with Gasteiger partial charge in [-0.2, -0.15) is 0 Å². The van der Waals surface area contributed by atoms with Crippen molar-refractivity contribution < 1.29 is 10.0 Å². The van der Waals surface area contributed by atoms with Gasteiger partial charge in [0.2, 0.25) is 5.91 Å². The van der Waals surface area contributed by atoms with E-state index in [2.05, 4.69) is 10.5 Å². The zero-order valence-electron chi connectivity index (χ0n) is 9.10. The van der Waals surface area contributed by atoms with Crippen LogP contribution >= 0.6 is 0 Å². The van der Waals surface area contributed by atoms with Gasteiger partial charge < -0.3 is 10.5 Å². The van der Waals surface area contributed by atoms with Crippen LogP contribution in [0.1, 0.15) is 25.3 Å². The summed E-state index contributed by atoms with van der Waals surface area (Å²) in [5.41, 5.74) is 2.18. The first kappa shape index (κ1) is 10.7. The van der Waals surface area contributed by atoms with Crippen molar-refractivity contribution in [2.45, 2.75) is 19.8 Å². The van der Waals surface area contributed by atoms with Crippen molar-refractivity contribution in [3.05, 3.63) is 29.8 Å². The first-order chi connectivity index (χ1) is 7.70. The van der Waals surface area contributed by atoms with Crippen LogP contribution in [-0.4, -0.2) is 16.8 Å². The number of benzene rings is 1. The van der Waals surface area contributed by atoms with Crippen molar-refractivity contribution in [3.8, 4) is 0 Å². The molecule has 1 fully saturated rings. The molecular weight excluding hydrogens is 204 g/mol. The van der Waals surface area contributed by atoms with Crippen LogP contribution < -0.4 is 5.32 Å². The molecule has 4 heteroatoms. The molecule has 0 radical (unpaired) electrons. The van der Waals surface area contributed by atoms with Crippen molar-refractivity contribution in [1.82, 2.24) is 0 Å². The Morgan fingerprint density at radius 3 is 2.50 bits per heavy atom. The molecule has 84 valence electrons. The van der Waals surface area contributed by atoms with Gasteiger partial charge in [0.05, 0.1) is 5.71 Å². The Labute approximate surface area is 94.0 Å². The van der Waals surface area contributed by atoms with Crippen LogP contribution in [0.4, 0.5) is 5.69 Å². The lowest BCUT2D eigenvalue weighted by atomic mass is 10.1. The third-order valence-electron chi connectivity index (χ3n) is 2.67. The second-order valence-electron chi connectivity index (χ2n) is 4.03. The average Bonchev–Trinajstić information content (AvgIpc) is 3.13. The highest BCUT2D eigenvalue weighted by molar-refractivity contribution is 5.99. The molecule has 1 saturated carbocycles. The number of oxime groups is 1. The number of hydrogen-bond acceptors (Lipinski definition) is 3. The highest BCUT2D eigenvalue weighted by Gasteiger charge is 2.29. The molecule has 2 rings (SSSR count). The van der Waals surface area contributed by atoms with E-state index in [9.17, 15) is 4.79 Å².